The molecule has 122 valence electrons. The fourth-order valence-electron chi connectivity index (χ4n) is 2.19. The van der Waals surface area contributed by atoms with Crippen LogP contribution >= 0.6 is 11.8 Å². The summed E-state index contributed by atoms with van der Waals surface area (Å²) in [5, 5.41) is 10.7. The number of carbonyl (C=O) groups is 1. The lowest BCUT2D eigenvalue weighted by Crippen LogP contribution is -2.18. The van der Waals surface area contributed by atoms with Crippen LogP contribution in [0, 0.1) is 6.92 Å². The van der Waals surface area contributed by atoms with E-state index in [1.54, 1.807) is 6.33 Å². The molecule has 0 fully saturated rings. The first-order valence-corrected chi connectivity index (χ1v) is 8.60. The Morgan fingerprint density at radius 3 is 2.62 bits per heavy atom. The molecule has 3 aromatic rings. The van der Waals surface area contributed by atoms with Gasteiger partial charge in [-0.25, -0.2) is 0 Å². The topological polar surface area (TPSA) is 59.8 Å². The fraction of sp³-hybridized carbons (Fsp3) is 0.167. The highest BCUT2D eigenvalue weighted by atomic mass is 32.2. The van der Waals surface area contributed by atoms with Gasteiger partial charge in [0, 0.05) is 4.90 Å². The van der Waals surface area contributed by atoms with Gasteiger partial charge in [0.05, 0.1) is 12.3 Å². The van der Waals surface area contributed by atoms with Crippen LogP contribution in [0.25, 0.3) is 0 Å². The maximum absolute atomic E-state index is 12.1. The molecular weight excluding hydrogens is 320 g/mol. The highest BCUT2D eigenvalue weighted by molar-refractivity contribution is 8.00. The number of nitrogens with zero attached hydrogens (tertiary/aromatic N) is 3. The fourth-order valence-corrected chi connectivity index (χ4v) is 2.89. The van der Waals surface area contributed by atoms with Crippen LogP contribution in [-0.2, 0) is 11.3 Å². The second-order valence-electron chi connectivity index (χ2n) is 5.42. The zero-order chi connectivity index (χ0) is 16.8. The summed E-state index contributed by atoms with van der Waals surface area (Å²) < 4.78 is 1.82. The maximum Gasteiger partial charge on any atom is 0.237 e. The molecular formula is C18H18N4OS. The Labute approximate surface area is 145 Å². The predicted molar refractivity (Wildman–Crippen MR) is 96.1 cm³/mol. The number of anilines is 1. The third-order valence-electron chi connectivity index (χ3n) is 3.45. The van der Waals surface area contributed by atoms with E-state index in [9.17, 15) is 4.79 Å². The molecule has 0 bridgehead atoms. The summed E-state index contributed by atoms with van der Waals surface area (Å²) in [6.07, 6.45) is 1.62. The van der Waals surface area contributed by atoms with Crippen LogP contribution in [0.15, 0.2) is 65.8 Å². The molecule has 0 unspecified atom stereocenters. The van der Waals surface area contributed by atoms with E-state index in [4.69, 9.17) is 0 Å². The van der Waals surface area contributed by atoms with E-state index in [-0.39, 0.29) is 5.91 Å². The van der Waals surface area contributed by atoms with E-state index in [1.807, 2.05) is 66.1 Å². The minimum Gasteiger partial charge on any atom is -0.295 e. The molecule has 0 aliphatic heterocycles. The average Bonchev–Trinajstić information content (AvgIpc) is 3.02. The van der Waals surface area contributed by atoms with Crippen molar-refractivity contribution in [3.05, 3.63) is 72.1 Å². The number of hydrogen-bond acceptors (Lipinski definition) is 4. The van der Waals surface area contributed by atoms with E-state index in [2.05, 4.69) is 15.5 Å². The number of hydrogen-bond donors (Lipinski definition) is 1. The van der Waals surface area contributed by atoms with E-state index in [0.29, 0.717) is 18.2 Å². The first-order valence-electron chi connectivity index (χ1n) is 7.62. The molecule has 1 aromatic heterocycles. The summed E-state index contributed by atoms with van der Waals surface area (Å²) in [6.45, 7) is 2.66. The number of carbonyl (C=O) groups excluding carboxylic acids is 1. The van der Waals surface area contributed by atoms with Crippen molar-refractivity contribution in [1.82, 2.24) is 14.8 Å². The van der Waals surface area contributed by atoms with Crippen molar-refractivity contribution < 1.29 is 4.79 Å². The van der Waals surface area contributed by atoms with Gasteiger partial charge in [-0.3, -0.25) is 14.7 Å². The van der Waals surface area contributed by atoms with Gasteiger partial charge in [0.1, 0.15) is 6.33 Å². The summed E-state index contributed by atoms with van der Waals surface area (Å²) in [5.41, 5.74) is 2.33. The van der Waals surface area contributed by atoms with E-state index < -0.39 is 0 Å². The highest BCUT2D eigenvalue weighted by Gasteiger charge is 2.09. The quantitative estimate of drug-likeness (QED) is 0.700. The lowest BCUT2D eigenvalue weighted by molar-refractivity contribution is -0.113. The van der Waals surface area contributed by atoms with Crippen LogP contribution in [0.4, 0.5) is 5.95 Å². The minimum atomic E-state index is -0.0945. The predicted octanol–water partition coefficient (Wildman–Crippen LogP) is 3.37. The molecule has 24 heavy (non-hydrogen) atoms. The largest absolute Gasteiger partial charge is 0.295 e. The molecule has 6 heteroatoms. The van der Waals surface area contributed by atoms with Crippen LogP contribution in [0.1, 0.15) is 11.1 Å². The number of aryl methyl sites for hydroxylation is 1. The van der Waals surface area contributed by atoms with Crippen molar-refractivity contribution in [1.29, 1.82) is 0 Å². The summed E-state index contributed by atoms with van der Waals surface area (Å²) in [4.78, 5) is 13.2. The molecule has 0 aliphatic carbocycles. The maximum atomic E-state index is 12.1. The Morgan fingerprint density at radius 1 is 1.12 bits per heavy atom. The number of benzene rings is 2. The van der Waals surface area contributed by atoms with Gasteiger partial charge in [-0.15, -0.1) is 22.0 Å². The number of amides is 1. The third-order valence-corrected chi connectivity index (χ3v) is 4.47. The molecule has 0 saturated heterocycles. The second kappa shape index (κ2) is 7.79. The van der Waals surface area contributed by atoms with Gasteiger partial charge in [-0.2, -0.15) is 0 Å². The second-order valence-corrected chi connectivity index (χ2v) is 6.47. The number of thioether (sulfide) groups is 1. The first kappa shape index (κ1) is 16.3. The molecule has 1 heterocycles. The van der Waals surface area contributed by atoms with Gasteiger partial charge in [0.2, 0.25) is 11.9 Å². The van der Waals surface area contributed by atoms with Crippen molar-refractivity contribution >= 4 is 23.6 Å². The SMILES string of the molecule is Cc1ccc(SCC(=O)Nc2nncn2Cc2ccccc2)cc1. The monoisotopic (exact) mass is 338 g/mol. The molecule has 0 radical (unpaired) electrons. The van der Waals surface area contributed by atoms with Gasteiger partial charge in [0.25, 0.3) is 0 Å². The molecule has 1 N–H and O–H groups in total. The summed E-state index contributed by atoms with van der Waals surface area (Å²) in [6, 6.07) is 18.1. The van der Waals surface area contributed by atoms with Crippen molar-refractivity contribution in [2.45, 2.75) is 18.4 Å². The van der Waals surface area contributed by atoms with Crippen LogP contribution in [-0.4, -0.2) is 26.4 Å². The summed E-state index contributed by atoms with van der Waals surface area (Å²) >= 11 is 1.50. The van der Waals surface area contributed by atoms with Crippen LogP contribution < -0.4 is 5.32 Å². The molecule has 3 rings (SSSR count). The van der Waals surface area contributed by atoms with Gasteiger partial charge < -0.3 is 0 Å². The standard InChI is InChI=1S/C18H18N4OS/c1-14-7-9-16(10-8-14)24-12-17(23)20-18-21-19-13-22(18)11-15-5-3-2-4-6-15/h2-10,13H,11-12H2,1H3,(H,20,21,23). The third kappa shape index (κ3) is 4.45. The van der Waals surface area contributed by atoms with Gasteiger partial charge in [-0.05, 0) is 24.6 Å². The van der Waals surface area contributed by atoms with Gasteiger partial charge in [0.15, 0.2) is 0 Å². The Hall–Kier alpha value is -2.60. The first-order chi connectivity index (χ1) is 11.7. The van der Waals surface area contributed by atoms with E-state index in [0.717, 1.165) is 10.5 Å². The van der Waals surface area contributed by atoms with Crippen molar-refractivity contribution in [3.63, 3.8) is 0 Å². The minimum absolute atomic E-state index is 0.0945. The van der Waals surface area contributed by atoms with Gasteiger partial charge in [-0.1, -0.05) is 48.0 Å². The molecule has 0 spiro atoms. The van der Waals surface area contributed by atoms with Crippen LogP contribution in [0.5, 0.6) is 0 Å². The van der Waals surface area contributed by atoms with Crippen molar-refractivity contribution in [2.24, 2.45) is 0 Å². The smallest absolute Gasteiger partial charge is 0.237 e. The Morgan fingerprint density at radius 2 is 1.88 bits per heavy atom. The number of nitrogens with one attached hydrogen (secondary N) is 1. The molecule has 5 nitrogen and oxygen atoms in total. The normalized spacial score (nSPS) is 10.5. The van der Waals surface area contributed by atoms with Crippen molar-refractivity contribution in [2.75, 3.05) is 11.1 Å². The molecule has 1 amide bonds. The number of rotatable bonds is 6. The summed E-state index contributed by atoms with van der Waals surface area (Å²) in [7, 11) is 0. The van der Waals surface area contributed by atoms with Crippen LogP contribution in [0.2, 0.25) is 0 Å². The molecule has 0 atom stereocenters. The van der Waals surface area contributed by atoms with Crippen LogP contribution in [0.3, 0.4) is 0 Å². The zero-order valence-electron chi connectivity index (χ0n) is 13.3. The Kier molecular flexibility index (Phi) is 5.28. The van der Waals surface area contributed by atoms with E-state index in [1.165, 1.54) is 17.3 Å². The molecule has 0 aliphatic rings. The van der Waals surface area contributed by atoms with Crippen molar-refractivity contribution in [3.8, 4) is 0 Å². The molecule has 0 saturated carbocycles. The lowest BCUT2D eigenvalue weighted by Gasteiger charge is -2.08. The lowest BCUT2D eigenvalue weighted by atomic mass is 10.2. The zero-order valence-corrected chi connectivity index (χ0v) is 14.2. The Balaban J connectivity index is 1.57. The molecule has 2 aromatic carbocycles. The van der Waals surface area contributed by atoms with E-state index >= 15 is 0 Å². The number of aromatic nitrogens is 3. The van der Waals surface area contributed by atoms with Gasteiger partial charge >= 0.3 is 0 Å². The Bertz CT molecular complexity index is 799. The summed E-state index contributed by atoms with van der Waals surface area (Å²) in [5.74, 6) is 0.706. The highest BCUT2D eigenvalue weighted by Crippen LogP contribution is 2.18. The average molecular weight is 338 g/mol.